The number of carbonyl (C=O) groups excluding carboxylic acids is 1. The molecule has 0 heterocycles. The number of aromatic hydroxyl groups is 1. The number of ether oxygens (including phenoxy) is 1. The van der Waals surface area contributed by atoms with Crippen molar-refractivity contribution in [3.8, 4) is 5.75 Å². The summed E-state index contributed by atoms with van der Waals surface area (Å²) in [6.45, 7) is 12.5. The monoisotopic (exact) mass is 610 g/mol. The standard InChI is InChI=1S/C40H54N2O3/c1-26(2)8-6-9-27(3)35-18-19-36-34-17-12-29-25-33(20-22-39(29,4)37(34)21-23-40(35,36)5)45-38(44)28-10-7-11-31(24-28)42-41-30-13-15-32(43)16-14-30/h7,10-16,24,26-27,33-37,43H,6,8-9,17-23,25H2,1-5H3/t27-,33+,34+,35-,36+,37+,39+,40-/m1/s1. The maximum absolute atomic E-state index is 13.2. The third-order valence-corrected chi connectivity index (χ3v) is 12.7. The molecule has 0 amide bonds. The summed E-state index contributed by atoms with van der Waals surface area (Å²) in [5, 5.41) is 18.0. The first-order valence-corrected chi connectivity index (χ1v) is 17.8. The number of nitrogens with zero attached hydrogens (tertiary/aromatic N) is 2. The minimum Gasteiger partial charge on any atom is -0.508 e. The van der Waals surface area contributed by atoms with E-state index in [1.807, 2.05) is 12.1 Å². The van der Waals surface area contributed by atoms with E-state index in [1.54, 1.807) is 42.0 Å². The maximum atomic E-state index is 13.2. The number of benzene rings is 2. The molecule has 242 valence electrons. The molecule has 0 aliphatic heterocycles. The van der Waals surface area contributed by atoms with Gasteiger partial charge in [-0.25, -0.2) is 4.79 Å². The number of hydrogen-bond donors (Lipinski definition) is 1. The van der Waals surface area contributed by atoms with Crippen molar-refractivity contribution in [2.24, 2.45) is 56.6 Å². The highest BCUT2D eigenvalue weighted by molar-refractivity contribution is 5.90. The van der Waals surface area contributed by atoms with Crippen LogP contribution in [0.5, 0.6) is 5.75 Å². The van der Waals surface area contributed by atoms with Crippen LogP contribution in [0.4, 0.5) is 11.4 Å². The molecule has 0 bridgehead atoms. The van der Waals surface area contributed by atoms with Crippen molar-refractivity contribution in [1.82, 2.24) is 0 Å². The van der Waals surface area contributed by atoms with E-state index in [-0.39, 0.29) is 23.2 Å². The normalized spacial score (nSPS) is 33.3. The zero-order valence-corrected chi connectivity index (χ0v) is 28.2. The van der Waals surface area contributed by atoms with E-state index >= 15 is 0 Å². The Labute approximate surface area is 271 Å². The summed E-state index contributed by atoms with van der Waals surface area (Å²) in [7, 11) is 0. The highest BCUT2D eigenvalue weighted by Gasteiger charge is 2.59. The summed E-state index contributed by atoms with van der Waals surface area (Å²) in [6.07, 6.45) is 16.4. The summed E-state index contributed by atoms with van der Waals surface area (Å²) in [4.78, 5) is 13.2. The van der Waals surface area contributed by atoms with Crippen LogP contribution in [0.15, 0.2) is 70.4 Å². The molecule has 3 fully saturated rings. The van der Waals surface area contributed by atoms with E-state index in [4.69, 9.17) is 4.74 Å². The first-order valence-electron chi connectivity index (χ1n) is 17.8. The van der Waals surface area contributed by atoms with Gasteiger partial charge in [-0.1, -0.05) is 71.6 Å². The number of fused-ring (bicyclic) bond motifs is 5. The molecule has 45 heavy (non-hydrogen) atoms. The molecule has 6 rings (SSSR count). The molecule has 1 N–H and O–H groups in total. The third-order valence-electron chi connectivity index (χ3n) is 12.7. The topological polar surface area (TPSA) is 71.2 Å². The number of phenolic OH excluding ortho intramolecular Hbond substituents is 1. The number of carbonyl (C=O) groups is 1. The largest absolute Gasteiger partial charge is 0.508 e. The Hall–Kier alpha value is -2.95. The van der Waals surface area contributed by atoms with Crippen LogP contribution in [0.3, 0.4) is 0 Å². The van der Waals surface area contributed by atoms with Gasteiger partial charge in [-0.15, -0.1) is 0 Å². The van der Waals surface area contributed by atoms with Gasteiger partial charge in [0, 0.05) is 6.42 Å². The van der Waals surface area contributed by atoms with Gasteiger partial charge in [-0.3, -0.25) is 0 Å². The molecule has 2 aromatic rings. The van der Waals surface area contributed by atoms with Gasteiger partial charge in [-0.2, -0.15) is 10.2 Å². The van der Waals surface area contributed by atoms with Crippen LogP contribution in [-0.2, 0) is 4.74 Å². The van der Waals surface area contributed by atoms with Gasteiger partial charge in [0.2, 0.25) is 0 Å². The van der Waals surface area contributed by atoms with Crippen molar-refractivity contribution in [2.75, 3.05) is 0 Å². The van der Waals surface area contributed by atoms with Crippen LogP contribution in [-0.4, -0.2) is 17.2 Å². The minimum atomic E-state index is -0.285. The average Bonchev–Trinajstić information content (AvgIpc) is 3.38. The summed E-state index contributed by atoms with van der Waals surface area (Å²) in [6, 6.07) is 13.7. The number of allylic oxidation sites excluding steroid dienone is 1. The van der Waals surface area contributed by atoms with Gasteiger partial charge in [0.1, 0.15) is 11.9 Å². The number of azo groups is 1. The highest BCUT2D eigenvalue weighted by atomic mass is 16.5. The lowest BCUT2D eigenvalue weighted by molar-refractivity contribution is -0.0594. The summed E-state index contributed by atoms with van der Waals surface area (Å²) < 4.78 is 6.13. The lowest BCUT2D eigenvalue weighted by Gasteiger charge is -2.58. The second-order valence-electron chi connectivity index (χ2n) is 15.8. The van der Waals surface area contributed by atoms with Crippen molar-refractivity contribution in [3.05, 3.63) is 65.7 Å². The summed E-state index contributed by atoms with van der Waals surface area (Å²) in [5.41, 5.74) is 4.02. The Morgan fingerprint density at radius 3 is 2.49 bits per heavy atom. The molecule has 4 aliphatic rings. The highest BCUT2D eigenvalue weighted by Crippen LogP contribution is 2.67. The molecule has 0 saturated heterocycles. The number of esters is 1. The zero-order chi connectivity index (χ0) is 31.8. The van der Waals surface area contributed by atoms with Crippen molar-refractivity contribution in [2.45, 2.75) is 111 Å². The molecule has 0 radical (unpaired) electrons. The fourth-order valence-corrected chi connectivity index (χ4v) is 10.3. The second kappa shape index (κ2) is 13.0. The Morgan fingerprint density at radius 1 is 0.933 bits per heavy atom. The summed E-state index contributed by atoms with van der Waals surface area (Å²) >= 11 is 0. The third kappa shape index (κ3) is 6.51. The SMILES string of the molecule is CC(C)CCC[C@@H](C)[C@H]1CC[C@H]2[C@@H]3CC=C4C[C@@H](OC(=O)c5cccc(N=Nc6ccc(O)cc6)c5)CC[C@]4(C)[C@H]3CC[C@]12C. The molecule has 4 aliphatic carbocycles. The second-order valence-corrected chi connectivity index (χ2v) is 15.8. The lowest BCUT2D eigenvalue weighted by atomic mass is 9.47. The molecule has 0 spiro atoms. The molecule has 5 nitrogen and oxygen atoms in total. The average molecular weight is 611 g/mol. The number of hydrogen-bond acceptors (Lipinski definition) is 5. The van der Waals surface area contributed by atoms with Gasteiger partial charge in [-0.05, 0) is 134 Å². The molecule has 8 atom stereocenters. The fraction of sp³-hybridized carbons (Fsp3) is 0.625. The molecular formula is C40H54N2O3. The maximum Gasteiger partial charge on any atom is 0.338 e. The molecule has 3 saturated carbocycles. The van der Waals surface area contributed by atoms with Crippen LogP contribution >= 0.6 is 0 Å². The van der Waals surface area contributed by atoms with Crippen molar-refractivity contribution >= 4 is 17.3 Å². The van der Waals surface area contributed by atoms with E-state index in [9.17, 15) is 9.90 Å². The van der Waals surface area contributed by atoms with Gasteiger partial charge < -0.3 is 9.84 Å². The van der Waals surface area contributed by atoms with E-state index in [2.05, 4.69) is 50.9 Å². The van der Waals surface area contributed by atoms with Gasteiger partial charge in [0.25, 0.3) is 0 Å². The lowest BCUT2D eigenvalue weighted by Crippen LogP contribution is -2.51. The first-order chi connectivity index (χ1) is 21.6. The zero-order valence-electron chi connectivity index (χ0n) is 28.2. The Kier molecular flexibility index (Phi) is 9.28. The smallest absolute Gasteiger partial charge is 0.338 e. The Morgan fingerprint density at radius 2 is 1.71 bits per heavy atom. The molecular weight excluding hydrogens is 556 g/mol. The van der Waals surface area contributed by atoms with Gasteiger partial charge >= 0.3 is 5.97 Å². The first kappa shape index (κ1) is 32.0. The van der Waals surface area contributed by atoms with E-state index < -0.39 is 0 Å². The summed E-state index contributed by atoms with van der Waals surface area (Å²) in [5.74, 6) is 4.87. The van der Waals surface area contributed by atoms with Crippen LogP contribution in [0.1, 0.15) is 116 Å². The van der Waals surface area contributed by atoms with E-state index in [1.165, 1.54) is 51.4 Å². The predicted molar refractivity (Wildman–Crippen MR) is 181 cm³/mol. The van der Waals surface area contributed by atoms with E-state index in [0.717, 1.165) is 54.8 Å². The Bertz CT molecular complexity index is 1410. The van der Waals surface area contributed by atoms with Crippen molar-refractivity contribution in [3.63, 3.8) is 0 Å². The van der Waals surface area contributed by atoms with Crippen LogP contribution < -0.4 is 0 Å². The van der Waals surface area contributed by atoms with E-state index in [0.29, 0.717) is 22.4 Å². The minimum absolute atomic E-state index is 0.0768. The van der Waals surface area contributed by atoms with Crippen molar-refractivity contribution < 1.29 is 14.6 Å². The Balaban J connectivity index is 1.08. The van der Waals surface area contributed by atoms with Crippen LogP contribution in [0.2, 0.25) is 0 Å². The van der Waals surface area contributed by atoms with Crippen LogP contribution in [0.25, 0.3) is 0 Å². The molecule has 0 unspecified atom stereocenters. The quantitative estimate of drug-likeness (QED) is 0.174. The molecule has 5 heteroatoms. The molecule has 0 aromatic heterocycles. The number of phenols is 1. The van der Waals surface area contributed by atoms with Crippen LogP contribution in [0, 0.1) is 46.3 Å². The fourth-order valence-electron chi connectivity index (χ4n) is 10.3. The van der Waals surface area contributed by atoms with Crippen molar-refractivity contribution in [1.29, 1.82) is 0 Å². The molecule has 2 aromatic carbocycles. The number of rotatable bonds is 9. The van der Waals surface area contributed by atoms with Gasteiger partial charge in [0.15, 0.2) is 0 Å². The predicted octanol–water partition coefficient (Wildman–Crippen LogP) is 11.4. The van der Waals surface area contributed by atoms with Gasteiger partial charge in [0.05, 0.1) is 16.9 Å².